The van der Waals surface area contributed by atoms with Gasteiger partial charge in [0.1, 0.15) is 11.5 Å². The maximum absolute atomic E-state index is 6.03. The molecule has 32 heavy (non-hydrogen) atoms. The van der Waals surface area contributed by atoms with Crippen LogP contribution in [-0.4, -0.2) is 19.5 Å². The highest BCUT2D eigenvalue weighted by Crippen LogP contribution is 2.29. The van der Waals surface area contributed by atoms with Crippen LogP contribution in [0.5, 0.6) is 0 Å². The Morgan fingerprint density at radius 2 is 1.75 bits per heavy atom. The van der Waals surface area contributed by atoms with Crippen molar-refractivity contribution in [2.75, 3.05) is 0 Å². The zero-order valence-corrected chi connectivity index (χ0v) is 19.2. The number of hydrogen-bond donors (Lipinski definition) is 0. The first-order valence-electron chi connectivity index (χ1n) is 10.6. The van der Waals surface area contributed by atoms with Crippen LogP contribution in [0.1, 0.15) is 28.1 Å². The largest absolute Gasteiger partial charge is 0.441 e. The van der Waals surface area contributed by atoms with Gasteiger partial charge in [-0.15, -0.1) is 0 Å². The van der Waals surface area contributed by atoms with Gasteiger partial charge in [0, 0.05) is 17.5 Å². The third kappa shape index (κ3) is 4.18. The summed E-state index contributed by atoms with van der Waals surface area (Å²) in [6.07, 6.45) is 3.65. The molecule has 0 atom stereocenters. The zero-order valence-electron chi connectivity index (χ0n) is 18.4. The molecule has 0 bridgehead atoms. The average Bonchev–Trinajstić information content (AvgIpc) is 3.33. The Morgan fingerprint density at radius 1 is 0.938 bits per heavy atom. The van der Waals surface area contributed by atoms with Crippen molar-refractivity contribution >= 4 is 22.8 Å². The lowest BCUT2D eigenvalue weighted by atomic mass is 10.1. The molecule has 6 heteroatoms. The molecule has 0 spiro atoms. The fourth-order valence-corrected chi connectivity index (χ4v) is 4.74. The molecule has 0 aliphatic heterocycles. The number of nitrogens with zero attached hydrogens (tertiary/aromatic N) is 4. The molecule has 3 aromatic heterocycles. The molecule has 2 aromatic carbocycles. The molecule has 0 saturated heterocycles. The topological polar surface area (TPSA) is 56.7 Å². The molecule has 160 valence electrons. The summed E-state index contributed by atoms with van der Waals surface area (Å²) in [5.41, 5.74) is 7.56. The van der Waals surface area contributed by atoms with Crippen molar-refractivity contribution in [2.45, 2.75) is 38.2 Å². The number of aryl methyl sites for hydroxylation is 3. The number of benzene rings is 2. The maximum Gasteiger partial charge on any atom is 0.226 e. The first kappa shape index (κ1) is 20.5. The van der Waals surface area contributed by atoms with E-state index in [4.69, 9.17) is 14.4 Å². The van der Waals surface area contributed by atoms with E-state index in [0.29, 0.717) is 12.4 Å². The molecule has 5 nitrogen and oxygen atoms in total. The number of rotatable bonds is 6. The predicted molar refractivity (Wildman–Crippen MR) is 129 cm³/mol. The first-order valence-corrected chi connectivity index (χ1v) is 11.6. The summed E-state index contributed by atoms with van der Waals surface area (Å²) in [5, 5.41) is 0.953. The van der Waals surface area contributed by atoms with Crippen LogP contribution >= 0.6 is 11.8 Å². The van der Waals surface area contributed by atoms with Crippen LogP contribution in [0.15, 0.2) is 76.6 Å². The summed E-state index contributed by atoms with van der Waals surface area (Å²) in [4.78, 5) is 14.0. The van der Waals surface area contributed by atoms with Gasteiger partial charge < -0.3 is 8.98 Å². The van der Waals surface area contributed by atoms with Gasteiger partial charge in [-0.1, -0.05) is 59.3 Å². The van der Waals surface area contributed by atoms with Crippen LogP contribution in [0.2, 0.25) is 0 Å². The minimum absolute atomic E-state index is 0.583. The molecule has 5 aromatic rings. The summed E-state index contributed by atoms with van der Waals surface area (Å²) < 4.78 is 8.22. The van der Waals surface area contributed by atoms with Gasteiger partial charge in [0.05, 0.1) is 23.8 Å². The molecule has 0 aliphatic carbocycles. The van der Waals surface area contributed by atoms with Crippen LogP contribution < -0.4 is 0 Å². The summed E-state index contributed by atoms with van der Waals surface area (Å²) >= 11 is 1.73. The molecule has 0 N–H and O–H groups in total. The Morgan fingerprint density at radius 3 is 2.56 bits per heavy atom. The van der Waals surface area contributed by atoms with E-state index in [1.54, 1.807) is 18.0 Å². The SMILES string of the molecule is Cc1cccc(CSc2nc3ccncc3n2Cc2nc(-c3cccc(C)c3)oc2C)c1. The van der Waals surface area contributed by atoms with Gasteiger partial charge in [-0.25, -0.2) is 9.97 Å². The number of pyridine rings is 1. The Balaban J connectivity index is 1.48. The zero-order chi connectivity index (χ0) is 22.1. The van der Waals surface area contributed by atoms with E-state index in [0.717, 1.165) is 39.0 Å². The predicted octanol–water partition coefficient (Wildman–Crippen LogP) is 6.35. The molecular formula is C26H24N4OS. The van der Waals surface area contributed by atoms with Crippen molar-refractivity contribution in [1.82, 2.24) is 19.5 Å². The lowest BCUT2D eigenvalue weighted by Gasteiger charge is -2.08. The number of thioether (sulfide) groups is 1. The minimum atomic E-state index is 0.583. The van der Waals surface area contributed by atoms with E-state index in [2.05, 4.69) is 59.8 Å². The molecule has 0 amide bonds. The van der Waals surface area contributed by atoms with Crippen molar-refractivity contribution in [3.05, 3.63) is 95.1 Å². The number of fused-ring (bicyclic) bond motifs is 1. The second-order valence-electron chi connectivity index (χ2n) is 8.01. The van der Waals surface area contributed by atoms with E-state index >= 15 is 0 Å². The quantitative estimate of drug-likeness (QED) is 0.288. The second kappa shape index (κ2) is 8.63. The van der Waals surface area contributed by atoms with Crippen LogP contribution in [0, 0.1) is 20.8 Å². The van der Waals surface area contributed by atoms with Crippen LogP contribution in [0.25, 0.3) is 22.5 Å². The Bertz CT molecular complexity index is 1400. The van der Waals surface area contributed by atoms with Crippen molar-refractivity contribution in [3.8, 4) is 11.5 Å². The molecule has 0 fully saturated rings. The number of aromatic nitrogens is 4. The van der Waals surface area contributed by atoms with Crippen molar-refractivity contribution in [1.29, 1.82) is 0 Å². The lowest BCUT2D eigenvalue weighted by molar-refractivity contribution is 0.537. The molecule has 0 saturated carbocycles. The molecule has 3 heterocycles. The maximum atomic E-state index is 6.03. The number of imidazole rings is 1. The van der Waals surface area contributed by atoms with Gasteiger partial charge in [0.2, 0.25) is 5.89 Å². The van der Waals surface area contributed by atoms with E-state index < -0.39 is 0 Å². The lowest BCUT2D eigenvalue weighted by Crippen LogP contribution is -2.03. The van der Waals surface area contributed by atoms with E-state index in [1.165, 1.54) is 16.7 Å². The van der Waals surface area contributed by atoms with Gasteiger partial charge in [0.25, 0.3) is 0 Å². The molecule has 0 radical (unpaired) electrons. The summed E-state index contributed by atoms with van der Waals surface area (Å²) in [7, 11) is 0. The summed E-state index contributed by atoms with van der Waals surface area (Å²) in [6, 6.07) is 18.8. The van der Waals surface area contributed by atoms with E-state index in [1.807, 2.05) is 31.3 Å². The fraction of sp³-hybridized carbons (Fsp3) is 0.192. The molecule has 0 unspecified atom stereocenters. The third-order valence-electron chi connectivity index (χ3n) is 5.43. The molecule has 5 rings (SSSR count). The highest BCUT2D eigenvalue weighted by Gasteiger charge is 2.17. The van der Waals surface area contributed by atoms with Crippen LogP contribution in [0.4, 0.5) is 0 Å². The van der Waals surface area contributed by atoms with Crippen molar-refractivity contribution in [2.24, 2.45) is 0 Å². The Hall–Kier alpha value is -3.38. The standard InChI is InChI=1S/C26H24N4OS/c1-17-6-4-8-20(12-17)16-32-26-29-22-10-11-27-14-24(22)30(26)15-23-19(3)31-25(28-23)21-9-5-7-18(2)13-21/h4-14H,15-16H2,1-3H3. The molecular weight excluding hydrogens is 416 g/mol. The normalized spacial score (nSPS) is 11.3. The highest BCUT2D eigenvalue weighted by atomic mass is 32.2. The monoisotopic (exact) mass is 440 g/mol. The Labute approximate surface area is 191 Å². The van der Waals surface area contributed by atoms with Gasteiger partial charge in [-0.2, -0.15) is 0 Å². The minimum Gasteiger partial charge on any atom is -0.441 e. The number of hydrogen-bond acceptors (Lipinski definition) is 5. The Kier molecular flexibility index (Phi) is 5.53. The smallest absolute Gasteiger partial charge is 0.226 e. The second-order valence-corrected chi connectivity index (χ2v) is 8.96. The van der Waals surface area contributed by atoms with Gasteiger partial charge in [0.15, 0.2) is 5.16 Å². The first-order chi connectivity index (χ1) is 15.6. The highest BCUT2D eigenvalue weighted by molar-refractivity contribution is 7.98. The van der Waals surface area contributed by atoms with E-state index in [-0.39, 0.29) is 0 Å². The van der Waals surface area contributed by atoms with Crippen molar-refractivity contribution in [3.63, 3.8) is 0 Å². The van der Waals surface area contributed by atoms with Crippen molar-refractivity contribution < 1.29 is 4.42 Å². The van der Waals surface area contributed by atoms with Crippen LogP contribution in [-0.2, 0) is 12.3 Å². The average molecular weight is 441 g/mol. The van der Waals surface area contributed by atoms with Crippen LogP contribution in [0.3, 0.4) is 0 Å². The fourth-order valence-electron chi connectivity index (χ4n) is 3.79. The molecule has 0 aliphatic rings. The van der Waals surface area contributed by atoms with Gasteiger partial charge in [-0.05, 0) is 44.5 Å². The van der Waals surface area contributed by atoms with Gasteiger partial charge >= 0.3 is 0 Å². The van der Waals surface area contributed by atoms with E-state index in [9.17, 15) is 0 Å². The van der Waals surface area contributed by atoms with Gasteiger partial charge in [-0.3, -0.25) is 4.98 Å². The summed E-state index contributed by atoms with van der Waals surface area (Å²) in [5.74, 6) is 2.32. The third-order valence-corrected chi connectivity index (χ3v) is 6.48. The number of oxazole rings is 1. The summed E-state index contributed by atoms with van der Waals surface area (Å²) in [6.45, 7) is 6.74.